The highest BCUT2D eigenvalue weighted by Gasteiger charge is 2.25. The summed E-state index contributed by atoms with van der Waals surface area (Å²) in [4.78, 5) is 25.1. The van der Waals surface area contributed by atoms with Gasteiger partial charge in [-0.05, 0) is 84.6 Å². The van der Waals surface area contributed by atoms with Crippen molar-refractivity contribution in [2.75, 3.05) is 7.11 Å². The van der Waals surface area contributed by atoms with Crippen molar-refractivity contribution in [2.24, 2.45) is 0 Å². The average molecular weight is 495 g/mol. The summed E-state index contributed by atoms with van der Waals surface area (Å²) in [6.07, 6.45) is 0. The number of benzene rings is 4. The molecule has 0 radical (unpaired) electrons. The van der Waals surface area contributed by atoms with Crippen LogP contribution >= 0.6 is 0 Å². The molecule has 4 aromatic rings. The Hall–Kier alpha value is -4.38. The monoisotopic (exact) mass is 494 g/mol. The molecule has 0 amide bonds. The number of aryl methyl sites for hydroxylation is 2. The molecule has 0 saturated carbocycles. The van der Waals surface area contributed by atoms with Crippen molar-refractivity contribution in [2.45, 2.75) is 33.1 Å². The predicted molar refractivity (Wildman–Crippen MR) is 144 cm³/mol. The van der Waals surface area contributed by atoms with Crippen LogP contribution in [-0.4, -0.2) is 19.0 Å². The summed E-state index contributed by atoms with van der Waals surface area (Å²) in [6, 6.07) is 27.1. The number of rotatable bonds is 7. The van der Waals surface area contributed by atoms with Crippen LogP contribution in [0.1, 0.15) is 56.8 Å². The molecule has 0 saturated heterocycles. The van der Waals surface area contributed by atoms with Gasteiger partial charge in [-0.25, -0.2) is 9.59 Å². The number of methoxy groups -OCH3 is 1. The van der Waals surface area contributed by atoms with Gasteiger partial charge in [0.05, 0.1) is 18.2 Å². The van der Waals surface area contributed by atoms with Crippen molar-refractivity contribution in [1.82, 2.24) is 0 Å². The zero-order valence-electron chi connectivity index (χ0n) is 21.7. The van der Waals surface area contributed by atoms with E-state index in [2.05, 4.69) is 26.0 Å². The SMILES string of the molecule is COc1ccc(C(C)(C)c2ccc(OC(=O)c3ccc(C(=O)Oc4ccccc4)cc3)c(C)c2)cc1C. The maximum Gasteiger partial charge on any atom is 0.343 e. The van der Waals surface area contributed by atoms with Crippen LogP contribution in [-0.2, 0) is 5.41 Å². The standard InChI is InChI=1S/C32H30O5/c1-21-19-25(15-17-28(21)35-5)32(3,4)26-16-18-29(22(2)20-26)37-31(34)24-13-11-23(12-14-24)30(33)36-27-9-7-6-8-10-27/h6-20H,1-5H3. The van der Waals surface area contributed by atoms with Gasteiger partial charge in [0.2, 0.25) is 0 Å². The van der Waals surface area contributed by atoms with E-state index in [0.717, 1.165) is 22.4 Å². The Labute approximate surface area is 217 Å². The van der Waals surface area contributed by atoms with Crippen LogP contribution in [0.3, 0.4) is 0 Å². The Kier molecular flexibility index (Phi) is 7.44. The second-order valence-corrected chi connectivity index (χ2v) is 9.46. The lowest BCUT2D eigenvalue weighted by Gasteiger charge is -2.27. The molecule has 0 aliphatic carbocycles. The van der Waals surface area contributed by atoms with Crippen LogP contribution in [0.4, 0.5) is 0 Å². The summed E-state index contributed by atoms with van der Waals surface area (Å²) in [6.45, 7) is 8.28. The Balaban J connectivity index is 1.46. The Bertz CT molecular complexity index is 1420. The normalized spacial score (nSPS) is 11.1. The molecule has 0 aliphatic rings. The lowest BCUT2D eigenvalue weighted by molar-refractivity contribution is 0.0720. The molecule has 188 valence electrons. The van der Waals surface area contributed by atoms with Crippen molar-refractivity contribution in [3.8, 4) is 17.2 Å². The number of hydrogen-bond donors (Lipinski definition) is 0. The van der Waals surface area contributed by atoms with E-state index in [1.54, 1.807) is 55.6 Å². The fourth-order valence-electron chi connectivity index (χ4n) is 4.14. The van der Waals surface area contributed by atoms with Crippen molar-refractivity contribution in [1.29, 1.82) is 0 Å². The summed E-state index contributed by atoms with van der Waals surface area (Å²) in [5, 5.41) is 0. The first kappa shape index (κ1) is 25.7. The first-order valence-corrected chi connectivity index (χ1v) is 12.0. The molecule has 4 rings (SSSR count). The van der Waals surface area contributed by atoms with Crippen molar-refractivity contribution >= 4 is 11.9 Å². The van der Waals surface area contributed by atoms with Gasteiger partial charge in [0, 0.05) is 5.41 Å². The van der Waals surface area contributed by atoms with E-state index < -0.39 is 11.9 Å². The van der Waals surface area contributed by atoms with E-state index >= 15 is 0 Å². The quantitative estimate of drug-likeness (QED) is 0.203. The predicted octanol–water partition coefficient (Wildman–Crippen LogP) is 7.08. The van der Waals surface area contributed by atoms with E-state index in [1.165, 1.54) is 5.56 Å². The summed E-state index contributed by atoms with van der Waals surface area (Å²) in [7, 11) is 1.67. The van der Waals surface area contributed by atoms with Gasteiger partial charge < -0.3 is 14.2 Å². The highest BCUT2D eigenvalue weighted by molar-refractivity contribution is 5.95. The van der Waals surface area contributed by atoms with Gasteiger partial charge in [-0.3, -0.25) is 0 Å². The number of carbonyl (C=O) groups excluding carboxylic acids is 2. The van der Waals surface area contributed by atoms with Crippen LogP contribution in [0.2, 0.25) is 0 Å². The van der Waals surface area contributed by atoms with Gasteiger partial charge in [0.15, 0.2) is 0 Å². The molecular formula is C32H30O5. The number of hydrogen-bond acceptors (Lipinski definition) is 5. The van der Waals surface area contributed by atoms with Crippen molar-refractivity contribution < 1.29 is 23.8 Å². The molecule has 5 nitrogen and oxygen atoms in total. The van der Waals surface area contributed by atoms with E-state index in [9.17, 15) is 9.59 Å². The van der Waals surface area contributed by atoms with Crippen molar-refractivity contribution in [3.05, 3.63) is 124 Å². The van der Waals surface area contributed by atoms with Crippen LogP contribution in [0.5, 0.6) is 17.2 Å². The largest absolute Gasteiger partial charge is 0.496 e. The molecule has 4 aromatic carbocycles. The van der Waals surface area contributed by atoms with E-state index in [-0.39, 0.29) is 5.41 Å². The molecule has 37 heavy (non-hydrogen) atoms. The molecule has 0 bridgehead atoms. The molecule has 0 fully saturated rings. The van der Waals surface area contributed by atoms with Crippen LogP contribution in [0.15, 0.2) is 91.0 Å². The third-order valence-electron chi connectivity index (χ3n) is 6.53. The lowest BCUT2D eigenvalue weighted by atomic mass is 9.77. The first-order chi connectivity index (χ1) is 17.7. The molecule has 5 heteroatoms. The number of esters is 2. The zero-order chi connectivity index (χ0) is 26.6. The summed E-state index contributed by atoms with van der Waals surface area (Å²) < 4.78 is 16.4. The van der Waals surface area contributed by atoms with Crippen LogP contribution < -0.4 is 14.2 Å². The van der Waals surface area contributed by atoms with E-state index in [4.69, 9.17) is 14.2 Å². The second-order valence-electron chi connectivity index (χ2n) is 9.46. The van der Waals surface area contributed by atoms with Gasteiger partial charge in [0.1, 0.15) is 17.2 Å². The second kappa shape index (κ2) is 10.7. The molecule has 0 unspecified atom stereocenters. The molecule has 0 aromatic heterocycles. The first-order valence-electron chi connectivity index (χ1n) is 12.0. The van der Waals surface area contributed by atoms with Crippen molar-refractivity contribution in [3.63, 3.8) is 0 Å². The minimum absolute atomic E-state index is 0.255. The van der Waals surface area contributed by atoms with Crippen LogP contribution in [0.25, 0.3) is 0 Å². The Morgan fingerprint density at radius 1 is 0.622 bits per heavy atom. The summed E-state index contributed by atoms with van der Waals surface area (Å²) in [5.74, 6) is 0.818. The van der Waals surface area contributed by atoms with Gasteiger partial charge in [-0.15, -0.1) is 0 Å². The minimum atomic E-state index is -0.496. The highest BCUT2D eigenvalue weighted by atomic mass is 16.5. The number of carbonyl (C=O) groups is 2. The topological polar surface area (TPSA) is 61.8 Å². The molecule has 0 atom stereocenters. The number of para-hydroxylation sites is 1. The smallest absolute Gasteiger partial charge is 0.343 e. The fraction of sp³-hybridized carbons (Fsp3) is 0.188. The third kappa shape index (κ3) is 5.72. The summed E-state index contributed by atoms with van der Waals surface area (Å²) >= 11 is 0. The maximum absolute atomic E-state index is 12.8. The molecule has 0 spiro atoms. The van der Waals surface area contributed by atoms with Gasteiger partial charge in [0.25, 0.3) is 0 Å². The molecule has 0 aliphatic heterocycles. The highest BCUT2D eigenvalue weighted by Crippen LogP contribution is 2.36. The van der Waals surface area contributed by atoms with Crippen LogP contribution in [0, 0.1) is 13.8 Å². The molecule has 0 heterocycles. The lowest BCUT2D eigenvalue weighted by Crippen LogP contribution is -2.19. The summed E-state index contributed by atoms with van der Waals surface area (Å²) in [5.41, 5.74) is 4.64. The van der Waals surface area contributed by atoms with Gasteiger partial charge >= 0.3 is 11.9 Å². The maximum atomic E-state index is 12.8. The Morgan fingerprint density at radius 2 is 1.11 bits per heavy atom. The van der Waals surface area contributed by atoms with Gasteiger partial charge in [-0.1, -0.05) is 56.3 Å². The number of ether oxygens (including phenoxy) is 3. The molecule has 0 N–H and O–H groups in total. The minimum Gasteiger partial charge on any atom is -0.496 e. The Morgan fingerprint density at radius 3 is 1.59 bits per heavy atom. The average Bonchev–Trinajstić information content (AvgIpc) is 2.90. The third-order valence-corrected chi connectivity index (χ3v) is 6.53. The zero-order valence-corrected chi connectivity index (χ0v) is 21.7. The van der Waals surface area contributed by atoms with Gasteiger partial charge in [-0.2, -0.15) is 0 Å². The van der Waals surface area contributed by atoms with E-state index in [0.29, 0.717) is 22.6 Å². The van der Waals surface area contributed by atoms with E-state index in [1.807, 2.05) is 44.2 Å². The fourth-order valence-corrected chi connectivity index (χ4v) is 4.14. The molecular weight excluding hydrogens is 464 g/mol.